The van der Waals surface area contributed by atoms with E-state index in [2.05, 4.69) is 32.2 Å². The average molecular weight is 1290 g/mol. The Labute approximate surface area is 536 Å². The van der Waals surface area contributed by atoms with Crippen LogP contribution < -0.4 is 70.8 Å². The summed E-state index contributed by atoms with van der Waals surface area (Å²) in [5.41, 5.74) is 6.13. The maximum Gasteiger partial charge on any atom is 1.00 e. The number of hydrogen-bond donors (Lipinski definition) is 15. The topological polar surface area (TPSA) is 513 Å². The molecule has 32 nitrogen and oxygen atoms in total. The van der Waals surface area contributed by atoms with E-state index in [0.29, 0.717) is 56.9 Å². The zero-order valence-corrected chi connectivity index (χ0v) is 51.8. The van der Waals surface area contributed by atoms with Gasteiger partial charge >= 0.3 is 29.6 Å². The SMILES string of the molecule is CCCCCOc1ccc(-c2cc(-c3ccc(C(=O)N[C@@H]4C[C@H](O)[C@@H](O)NC(=O)[C@H]5[C@H](O)[C@H](C)CN5C(=O)[C@@H]([C@@H](O)CC(N)=O)NC(=O)[C@@H]([C@H](O)[C@@H](O)c5ccc(O)c(OS(=O)(=O)[O-])c5)NC(=O)[C@H]5C[C@H](O)CN5C(=O)[C@@H]([C@@H](C)O)NC4=O)cc3)no2)cc1.[Na+]. The number of nitrogens with two attached hydrogens (primary N) is 1. The minimum Gasteiger partial charge on any atom is -0.716 e. The smallest absolute Gasteiger partial charge is 0.716 e. The summed E-state index contributed by atoms with van der Waals surface area (Å²) in [4.78, 5) is 115. The Morgan fingerprint density at radius 1 is 0.800 bits per heavy atom. The maximum atomic E-state index is 14.7. The molecule has 90 heavy (non-hydrogen) atoms. The molecular weight excluding hydrogens is 1220 g/mol. The van der Waals surface area contributed by atoms with E-state index < -0.39 is 198 Å². The van der Waals surface area contributed by atoms with Crippen LogP contribution in [0.4, 0.5) is 0 Å². The number of phenolic OH excluding ortho intramolecular Hbond substituents is 1. The predicted octanol–water partition coefficient (Wildman–Crippen LogP) is -7.24. The van der Waals surface area contributed by atoms with E-state index in [1.165, 1.54) is 31.2 Å². The van der Waals surface area contributed by atoms with E-state index >= 15 is 0 Å². The van der Waals surface area contributed by atoms with Crippen LogP contribution in [0.3, 0.4) is 0 Å². The minimum absolute atomic E-state index is 0. The van der Waals surface area contributed by atoms with Gasteiger partial charge in [-0.25, -0.2) is 8.42 Å². The molecule has 1 aromatic heterocycles. The largest absolute Gasteiger partial charge is 1.00 e. The summed E-state index contributed by atoms with van der Waals surface area (Å²) in [6.45, 7) is 3.72. The van der Waals surface area contributed by atoms with Gasteiger partial charge in [0.25, 0.3) is 16.3 Å². The Balaban J connectivity index is 0.0000129. The molecule has 0 saturated carbocycles. The van der Waals surface area contributed by atoms with Gasteiger partial charge in [-0.1, -0.05) is 50.0 Å². The summed E-state index contributed by atoms with van der Waals surface area (Å²) in [5, 5.41) is 116. The number of phenols is 1. The molecule has 34 heteroatoms. The first-order valence-corrected chi connectivity index (χ1v) is 29.4. The first-order chi connectivity index (χ1) is 42.0. The van der Waals surface area contributed by atoms with Crippen molar-refractivity contribution in [1.82, 2.24) is 41.5 Å². The molecule has 8 amide bonds. The van der Waals surface area contributed by atoms with Crippen molar-refractivity contribution in [3.05, 3.63) is 83.9 Å². The molecule has 3 aliphatic rings. The van der Waals surface area contributed by atoms with Crippen molar-refractivity contribution in [1.29, 1.82) is 0 Å². The van der Waals surface area contributed by atoms with Crippen LogP contribution in [0.2, 0.25) is 0 Å². The van der Waals surface area contributed by atoms with Crippen LogP contribution in [0, 0.1) is 5.92 Å². The zero-order chi connectivity index (χ0) is 65.3. The predicted molar refractivity (Wildman–Crippen MR) is 302 cm³/mol. The van der Waals surface area contributed by atoms with Crippen LogP contribution in [0.5, 0.6) is 17.2 Å². The summed E-state index contributed by atoms with van der Waals surface area (Å²) in [6.07, 6.45) is -17.3. The normalized spacial score (nSPS) is 26.2. The molecule has 3 aromatic carbocycles. The van der Waals surface area contributed by atoms with Crippen LogP contribution in [-0.2, 0) is 44.0 Å². The Morgan fingerprint density at radius 2 is 1.43 bits per heavy atom. The van der Waals surface area contributed by atoms with Crippen LogP contribution >= 0.6 is 0 Å². The van der Waals surface area contributed by atoms with Crippen molar-refractivity contribution >= 4 is 57.7 Å². The number of benzene rings is 3. The third-order valence-corrected chi connectivity index (χ3v) is 15.6. The Morgan fingerprint density at radius 3 is 2.07 bits per heavy atom. The number of aliphatic hydroxyl groups excluding tert-OH is 8. The second-order valence-electron chi connectivity index (χ2n) is 21.9. The van der Waals surface area contributed by atoms with Gasteiger partial charge in [0.05, 0.1) is 37.4 Å². The van der Waals surface area contributed by atoms with E-state index in [9.17, 15) is 97.3 Å². The van der Waals surface area contributed by atoms with Gasteiger partial charge in [0, 0.05) is 54.6 Å². The Bertz CT molecular complexity index is 3340. The number of primary amides is 1. The number of unbranched alkanes of at least 4 members (excludes halogenated alkanes) is 2. The fraction of sp³-hybridized carbons (Fsp3) is 0.482. The zero-order valence-electron chi connectivity index (χ0n) is 49.0. The summed E-state index contributed by atoms with van der Waals surface area (Å²) >= 11 is 0. The van der Waals surface area contributed by atoms with E-state index in [0.717, 1.165) is 32.3 Å². The number of aromatic nitrogens is 1. The average Bonchev–Trinajstić information content (AvgIpc) is 2.24. The van der Waals surface area contributed by atoms with Crippen molar-refractivity contribution in [3.63, 3.8) is 0 Å². The van der Waals surface area contributed by atoms with Gasteiger partial charge in [-0.2, -0.15) is 0 Å². The number of rotatable bonds is 18. The molecule has 3 fully saturated rings. The van der Waals surface area contributed by atoms with Gasteiger partial charge in [-0.15, -0.1) is 0 Å². The second kappa shape index (κ2) is 31.1. The fourth-order valence-electron chi connectivity index (χ4n) is 10.3. The number of amides is 8. The molecule has 0 bridgehead atoms. The molecule has 484 valence electrons. The maximum absolute atomic E-state index is 14.7. The van der Waals surface area contributed by atoms with Crippen molar-refractivity contribution in [2.24, 2.45) is 11.7 Å². The van der Waals surface area contributed by atoms with Gasteiger partial charge in [0.1, 0.15) is 66.0 Å². The molecule has 0 spiro atoms. The first kappa shape index (κ1) is 71.7. The standard InChI is InChI=1S/C56H71N9O23S.Na/c1-4-5-6-17-86-32-14-11-28(12-15-32)39-21-33(63-87-39)27-7-9-29(10-8-27)49(75)58-34-20-38(70)52(78)62-54(80)45-46(72)25(2)23-65(45)56(82)43(37(69)22-41(57)71)60-53(79)44(48(74)47(73)30-13-16-36(68)40(18-30)88-89(83,84)85)61-51(77)35-19-31(67)24-64(35)55(81)42(26(3)66)59-50(34)76;/h7-16,18,21,25-26,31,34-35,37-38,42-48,52,66-70,72-74,78H,4-6,17,19-20,22-24H2,1-3H3,(H2,57,71)(H,58,75)(H,59,76)(H,60,79)(H,61,77)(H,62,80)(H,83,84,85);/q;+1/p-1/t25-,26-,31+,34-,35-,37+,38+,42-,43-,44-,45-,46-,47+,48+,52-;/m1./s1. The first-order valence-electron chi connectivity index (χ1n) is 28.1. The monoisotopic (exact) mass is 1290 g/mol. The Hall–Kier alpha value is -7.38. The summed E-state index contributed by atoms with van der Waals surface area (Å²) in [5.74, 6) is -13.0. The molecule has 0 unspecified atom stereocenters. The second-order valence-corrected chi connectivity index (χ2v) is 22.9. The minimum atomic E-state index is -5.60. The third-order valence-electron chi connectivity index (χ3n) is 15.2. The molecule has 4 heterocycles. The fourth-order valence-corrected chi connectivity index (χ4v) is 10.7. The molecule has 4 aromatic rings. The van der Waals surface area contributed by atoms with Crippen molar-refractivity contribution in [2.75, 3.05) is 19.7 Å². The van der Waals surface area contributed by atoms with Gasteiger partial charge in [0.15, 0.2) is 23.5 Å². The number of nitrogens with zero attached hydrogens (tertiary/aromatic N) is 3. The summed E-state index contributed by atoms with van der Waals surface area (Å²) in [7, 11) is -5.60. The van der Waals surface area contributed by atoms with Gasteiger partial charge < -0.3 is 106 Å². The molecule has 0 radical (unpaired) electrons. The van der Waals surface area contributed by atoms with Gasteiger partial charge in [0.2, 0.25) is 41.4 Å². The molecule has 16 N–H and O–H groups in total. The summed E-state index contributed by atoms with van der Waals surface area (Å²) in [6, 6.07) is 3.38. The number of nitrogens with one attached hydrogen (secondary N) is 5. The number of carbonyl (C=O) groups is 8. The van der Waals surface area contributed by atoms with Crippen molar-refractivity contribution < 1.29 is 140 Å². The molecular formula is C56H70N9NaO23S. The van der Waals surface area contributed by atoms with E-state index in [1.807, 2.05) is 10.6 Å². The number of ether oxygens (including phenoxy) is 1. The molecule has 3 saturated heterocycles. The van der Waals surface area contributed by atoms with Crippen LogP contribution in [0.15, 0.2) is 77.3 Å². The van der Waals surface area contributed by atoms with E-state index in [1.54, 1.807) is 30.3 Å². The molecule has 7 rings (SSSR count). The number of aliphatic hydroxyl groups is 8. The van der Waals surface area contributed by atoms with E-state index in [4.69, 9.17) is 15.0 Å². The van der Waals surface area contributed by atoms with Crippen molar-refractivity contribution in [2.45, 2.75) is 145 Å². The van der Waals surface area contributed by atoms with Crippen LogP contribution in [-0.4, -0.2) is 220 Å². The van der Waals surface area contributed by atoms with Crippen LogP contribution in [0.25, 0.3) is 22.6 Å². The quantitative estimate of drug-likeness (QED) is 0.0190. The molecule has 3 aliphatic heterocycles. The number of fused-ring (bicyclic) bond motifs is 2. The van der Waals surface area contributed by atoms with Gasteiger partial charge in [-0.3, -0.25) is 38.4 Å². The third kappa shape index (κ3) is 17.8. The number of aromatic hydroxyl groups is 1. The van der Waals surface area contributed by atoms with Crippen molar-refractivity contribution in [3.8, 4) is 39.8 Å². The molecule has 0 aliphatic carbocycles. The Kier molecular flexibility index (Phi) is 24.8. The summed E-state index contributed by atoms with van der Waals surface area (Å²) < 4.78 is 49.9. The van der Waals surface area contributed by atoms with Gasteiger partial charge in [-0.05, 0) is 67.4 Å². The molecule has 15 atom stereocenters. The van der Waals surface area contributed by atoms with E-state index in [-0.39, 0.29) is 35.1 Å². The number of carbonyl (C=O) groups excluding carboxylic acids is 8. The number of hydrogen-bond acceptors (Lipinski definition) is 24. The van der Waals surface area contributed by atoms with Crippen LogP contribution in [0.1, 0.15) is 81.3 Å².